The normalized spacial score (nSPS) is 13.1. The Bertz CT molecular complexity index is 702. The van der Waals surface area contributed by atoms with Gasteiger partial charge in [-0.3, -0.25) is 0 Å². The lowest BCUT2D eigenvalue weighted by Crippen LogP contribution is -2.52. The Morgan fingerprint density at radius 3 is 1.45 bits per heavy atom. The minimum absolute atomic E-state index is 0.216. The van der Waals surface area contributed by atoms with E-state index in [-0.39, 0.29) is 6.42 Å². The van der Waals surface area contributed by atoms with Gasteiger partial charge in [-0.15, -0.1) is 0 Å². The lowest BCUT2D eigenvalue weighted by atomic mass is 10.1. The molecule has 0 saturated carbocycles. The average molecular weight is 538 g/mol. The third kappa shape index (κ3) is 18.9. The minimum Gasteiger partial charge on any atom is -0.467 e. The fourth-order valence-electron chi connectivity index (χ4n) is 3.73. The fourth-order valence-corrected chi connectivity index (χ4v) is 3.73. The topological polar surface area (TPSA) is 82.1 Å². The van der Waals surface area contributed by atoms with Crippen molar-refractivity contribution in [2.24, 2.45) is 0 Å². The average Bonchev–Trinajstić information content (AvgIpc) is 2.80. The second-order valence-corrected chi connectivity index (χ2v) is 11.7. The molecule has 0 aliphatic heterocycles. The predicted octanol–water partition coefficient (Wildman–Crippen LogP) is 8.90. The van der Waals surface area contributed by atoms with Gasteiger partial charge in [-0.1, -0.05) is 63.3 Å². The van der Waals surface area contributed by atoms with Crippen molar-refractivity contribution in [3.63, 3.8) is 0 Å². The number of carbonyl (C=O) groups is 3. The van der Waals surface area contributed by atoms with Crippen LogP contribution in [-0.4, -0.2) is 47.4 Å². The van der Waals surface area contributed by atoms with Crippen LogP contribution in [0.4, 0.5) is 9.59 Å². The van der Waals surface area contributed by atoms with Gasteiger partial charge in [-0.2, -0.15) is 4.90 Å². The SMILES string of the molecule is CCCCC/C=C\CCCCCCC/C=C\CC[C@@H](C(=O)OC)N(C(=O)OC(C)(C)C)C(=O)OC(C)(C)C. The molecule has 0 aromatic heterocycles. The highest BCUT2D eigenvalue weighted by molar-refractivity contribution is 5.94. The number of methoxy groups -OCH3 is 1. The van der Waals surface area contributed by atoms with Crippen LogP contribution in [0, 0.1) is 0 Å². The number of allylic oxidation sites excluding steroid dienone is 4. The maximum atomic E-state index is 12.9. The van der Waals surface area contributed by atoms with E-state index in [1.807, 2.05) is 6.08 Å². The van der Waals surface area contributed by atoms with E-state index in [1.165, 1.54) is 64.9 Å². The molecule has 0 heterocycles. The molecule has 220 valence electrons. The Kier molecular flexibility index (Phi) is 18.5. The molecular formula is C31H55NO6. The highest BCUT2D eigenvalue weighted by Crippen LogP contribution is 2.20. The van der Waals surface area contributed by atoms with Crippen molar-refractivity contribution in [2.75, 3.05) is 7.11 Å². The van der Waals surface area contributed by atoms with Crippen molar-refractivity contribution >= 4 is 18.2 Å². The van der Waals surface area contributed by atoms with Gasteiger partial charge >= 0.3 is 18.2 Å². The van der Waals surface area contributed by atoms with Gasteiger partial charge in [0.05, 0.1) is 7.11 Å². The molecule has 0 aliphatic carbocycles. The Labute approximate surface area is 232 Å². The summed E-state index contributed by atoms with van der Waals surface area (Å²) >= 11 is 0. The Morgan fingerprint density at radius 1 is 0.658 bits per heavy atom. The van der Waals surface area contributed by atoms with Crippen molar-refractivity contribution in [3.8, 4) is 0 Å². The number of imide groups is 1. The zero-order valence-electron chi connectivity index (χ0n) is 25.5. The van der Waals surface area contributed by atoms with Gasteiger partial charge in [0, 0.05) is 0 Å². The molecule has 0 aliphatic rings. The number of carbonyl (C=O) groups excluding carboxylic acids is 3. The number of nitrogens with zero attached hydrogens (tertiary/aromatic N) is 1. The summed E-state index contributed by atoms with van der Waals surface area (Å²) in [5.74, 6) is -0.689. The van der Waals surface area contributed by atoms with Crippen LogP contribution in [0.15, 0.2) is 24.3 Å². The fraction of sp³-hybridized carbons (Fsp3) is 0.774. The molecule has 0 spiro atoms. The van der Waals surface area contributed by atoms with E-state index in [0.29, 0.717) is 6.42 Å². The number of rotatable bonds is 17. The van der Waals surface area contributed by atoms with E-state index in [2.05, 4.69) is 25.2 Å². The molecule has 7 nitrogen and oxygen atoms in total. The van der Waals surface area contributed by atoms with E-state index in [9.17, 15) is 14.4 Å². The second kappa shape index (κ2) is 19.7. The summed E-state index contributed by atoms with van der Waals surface area (Å²) in [6, 6.07) is -1.14. The number of esters is 1. The summed E-state index contributed by atoms with van der Waals surface area (Å²) < 4.78 is 15.7. The van der Waals surface area contributed by atoms with Gasteiger partial charge in [0.25, 0.3) is 0 Å². The molecule has 0 bridgehead atoms. The summed E-state index contributed by atoms with van der Waals surface area (Å²) in [6.45, 7) is 12.4. The molecule has 0 radical (unpaired) electrons. The maximum absolute atomic E-state index is 12.9. The number of hydrogen-bond acceptors (Lipinski definition) is 6. The predicted molar refractivity (Wildman–Crippen MR) is 154 cm³/mol. The van der Waals surface area contributed by atoms with Gasteiger partial charge in [0.1, 0.15) is 17.2 Å². The second-order valence-electron chi connectivity index (χ2n) is 11.7. The summed E-state index contributed by atoms with van der Waals surface area (Å²) in [4.78, 5) is 39.1. The van der Waals surface area contributed by atoms with Crippen LogP contribution in [0.5, 0.6) is 0 Å². The van der Waals surface area contributed by atoms with Gasteiger partial charge < -0.3 is 14.2 Å². The number of amides is 2. The number of unbranched alkanes of at least 4 members (excludes halogenated alkanes) is 9. The zero-order chi connectivity index (χ0) is 29.0. The smallest absolute Gasteiger partial charge is 0.420 e. The van der Waals surface area contributed by atoms with Crippen molar-refractivity contribution in [1.29, 1.82) is 0 Å². The van der Waals surface area contributed by atoms with E-state index >= 15 is 0 Å². The first-order valence-electron chi connectivity index (χ1n) is 14.5. The van der Waals surface area contributed by atoms with Crippen molar-refractivity contribution in [2.45, 2.75) is 149 Å². The largest absolute Gasteiger partial charge is 0.467 e. The molecule has 0 saturated heterocycles. The van der Waals surface area contributed by atoms with Gasteiger partial charge in [-0.05, 0) is 92.9 Å². The summed E-state index contributed by atoms with van der Waals surface area (Å²) in [5.41, 5.74) is -1.69. The zero-order valence-corrected chi connectivity index (χ0v) is 25.5. The number of hydrogen-bond donors (Lipinski definition) is 0. The van der Waals surface area contributed by atoms with Crippen LogP contribution < -0.4 is 0 Å². The molecular weight excluding hydrogens is 482 g/mol. The highest BCUT2D eigenvalue weighted by atomic mass is 16.6. The molecule has 0 aromatic rings. The Balaban J connectivity index is 4.68. The Morgan fingerprint density at radius 2 is 1.05 bits per heavy atom. The molecule has 1 atom stereocenters. The summed E-state index contributed by atoms with van der Waals surface area (Å²) in [6.07, 6.45) is 20.9. The molecule has 0 aromatic carbocycles. The van der Waals surface area contributed by atoms with Crippen LogP contribution in [0.2, 0.25) is 0 Å². The molecule has 38 heavy (non-hydrogen) atoms. The first-order chi connectivity index (χ1) is 17.8. The van der Waals surface area contributed by atoms with E-state index in [0.717, 1.165) is 17.7 Å². The molecule has 0 N–H and O–H groups in total. The Hall–Kier alpha value is -2.31. The standard InChI is InChI=1S/C31H55NO6/c1-9-10-11-12-13-14-15-16-17-18-19-20-21-22-23-24-25-26(27(33)36-8)32(28(34)37-30(2,3)4)29(35)38-31(5,6)7/h13-14,22-23,26H,9-12,15-21,24-25H2,1-8H3/b14-13-,23-22-/t26-/m0/s1. The molecule has 0 rings (SSSR count). The third-order valence-electron chi connectivity index (χ3n) is 5.62. The first-order valence-corrected chi connectivity index (χ1v) is 14.5. The van der Waals surface area contributed by atoms with Crippen LogP contribution >= 0.6 is 0 Å². The van der Waals surface area contributed by atoms with Crippen molar-refractivity contribution in [3.05, 3.63) is 24.3 Å². The molecule has 0 unspecified atom stereocenters. The van der Waals surface area contributed by atoms with Gasteiger partial charge in [0.15, 0.2) is 0 Å². The van der Waals surface area contributed by atoms with E-state index < -0.39 is 35.4 Å². The van der Waals surface area contributed by atoms with Crippen LogP contribution in [-0.2, 0) is 19.0 Å². The van der Waals surface area contributed by atoms with Gasteiger partial charge in [-0.25, -0.2) is 14.4 Å². The van der Waals surface area contributed by atoms with Crippen molar-refractivity contribution in [1.82, 2.24) is 4.90 Å². The quantitative estimate of drug-likeness (QED) is 0.0797. The lowest BCUT2D eigenvalue weighted by molar-refractivity contribution is -0.146. The van der Waals surface area contributed by atoms with Crippen molar-refractivity contribution < 1.29 is 28.6 Å². The maximum Gasteiger partial charge on any atom is 0.420 e. The summed E-state index contributed by atoms with van der Waals surface area (Å²) in [5, 5.41) is 0. The van der Waals surface area contributed by atoms with Crippen LogP contribution in [0.25, 0.3) is 0 Å². The van der Waals surface area contributed by atoms with Crippen LogP contribution in [0.1, 0.15) is 132 Å². The van der Waals surface area contributed by atoms with Crippen LogP contribution in [0.3, 0.4) is 0 Å². The lowest BCUT2D eigenvalue weighted by Gasteiger charge is -2.32. The van der Waals surface area contributed by atoms with E-state index in [4.69, 9.17) is 14.2 Å². The monoisotopic (exact) mass is 537 g/mol. The molecule has 2 amide bonds. The molecule has 0 fully saturated rings. The summed E-state index contributed by atoms with van der Waals surface area (Å²) in [7, 11) is 1.23. The minimum atomic E-state index is -1.14. The molecule has 7 heteroatoms. The number of ether oxygens (including phenoxy) is 3. The van der Waals surface area contributed by atoms with Gasteiger partial charge in [0.2, 0.25) is 0 Å². The third-order valence-corrected chi connectivity index (χ3v) is 5.62. The highest BCUT2D eigenvalue weighted by Gasteiger charge is 2.40. The van der Waals surface area contributed by atoms with E-state index in [1.54, 1.807) is 41.5 Å². The first kappa shape index (κ1) is 35.7.